The van der Waals surface area contributed by atoms with E-state index in [2.05, 4.69) is 64.8 Å². The zero-order chi connectivity index (χ0) is 14.6. The number of rotatable bonds is 5. The molecule has 0 aliphatic heterocycles. The van der Waals surface area contributed by atoms with E-state index in [4.69, 9.17) is 5.26 Å². The van der Waals surface area contributed by atoms with Gasteiger partial charge in [0.2, 0.25) is 0 Å². The maximum Gasteiger partial charge on any atom is 0.0672 e. The van der Waals surface area contributed by atoms with Crippen LogP contribution >= 0.6 is 0 Å². The van der Waals surface area contributed by atoms with E-state index in [1.54, 1.807) is 0 Å². The summed E-state index contributed by atoms with van der Waals surface area (Å²) in [4.78, 5) is 2.25. The molecular weight excluding hydrogens is 232 g/mol. The number of hydrogen-bond acceptors (Lipinski definition) is 2. The Morgan fingerprint density at radius 1 is 1.11 bits per heavy atom. The summed E-state index contributed by atoms with van der Waals surface area (Å²) in [5, 5.41) is 9.17. The first-order valence-electron chi connectivity index (χ1n) is 7.00. The molecule has 1 unspecified atom stereocenters. The highest BCUT2D eigenvalue weighted by Gasteiger charge is 2.15. The van der Waals surface area contributed by atoms with Crippen molar-refractivity contribution in [1.29, 1.82) is 5.26 Å². The summed E-state index contributed by atoms with van der Waals surface area (Å²) >= 11 is 0. The summed E-state index contributed by atoms with van der Waals surface area (Å²) in [6, 6.07) is 6.94. The molecule has 0 saturated heterocycles. The van der Waals surface area contributed by atoms with Gasteiger partial charge in [-0.3, -0.25) is 0 Å². The largest absolute Gasteiger partial charge is 0.301 e. The molecule has 0 heterocycles. The Morgan fingerprint density at radius 3 is 2.21 bits per heavy atom. The molecule has 104 valence electrons. The standard InChI is InChI=1S/C17H26N2/c1-12(2)17(9-18)11-19(6)10-16-8-14(4)13(3)7-15(16)5/h7-8,12,17H,10-11H2,1-6H3. The Labute approximate surface area is 118 Å². The average molecular weight is 258 g/mol. The molecule has 1 aromatic carbocycles. The van der Waals surface area contributed by atoms with E-state index in [0.717, 1.165) is 13.1 Å². The molecule has 0 spiro atoms. The Hall–Kier alpha value is -1.33. The maximum atomic E-state index is 9.17. The van der Waals surface area contributed by atoms with Gasteiger partial charge < -0.3 is 4.90 Å². The first-order chi connectivity index (χ1) is 8.85. The van der Waals surface area contributed by atoms with Gasteiger partial charge in [-0.1, -0.05) is 26.0 Å². The minimum Gasteiger partial charge on any atom is -0.301 e. The van der Waals surface area contributed by atoms with Crippen LogP contribution in [0.4, 0.5) is 0 Å². The number of benzene rings is 1. The van der Waals surface area contributed by atoms with Crippen molar-refractivity contribution in [2.75, 3.05) is 13.6 Å². The fraction of sp³-hybridized carbons (Fsp3) is 0.588. The van der Waals surface area contributed by atoms with Crippen molar-refractivity contribution in [1.82, 2.24) is 4.90 Å². The van der Waals surface area contributed by atoms with E-state index >= 15 is 0 Å². The van der Waals surface area contributed by atoms with Gasteiger partial charge in [-0.2, -0.15) is 5.26 Å². The van der Waals surface area contributed by atoms with Crippen LogP contribution in [-0.4, -0.2) is 18.5 Å². The smallest absolute Gasteiger partial charge is 0.0672 e. The molecule has 0 aromatic heterocycles. The lowest BCUT2D eigenvalue weighted by atomic mass is 9.96. The molecule has 2 nitrogen and oxygen atoms in total. The summed E-state index contributed by atoms with van der Waals surface area (Å²) in [5.41, 5.74) is 5.40. The highest BCUT2D eigenvalue weighted by molar-refractivity contribution is 5.36. The van der Waals surface area contributed by atoms with Gasteiger partial charge in [0.25, 0.3) is 0 Å². The molecule has 2 heteroatoms. The van der Waals surface area contributed by atoms with Crippen molar-refractivity contribution < 1.29 is 0 Å². The normalized spacial score (nSPS) is 12.8. The van der Waals surface area contributed by atoms with E-state index < -0.39 is 0 Å². The minimum absolute atomic E-state index is 0.108. The molecule has 1 rings (SSSR count). The summed E-state index contributed by atoms with van der Waals surface area (Å²) in [7, 11) is 2.10. The topological polar surface area (TPSA) is 27.0 Å². The second-order valence-corrected chi connectivity index (χ2v) is 6.04. The maximum absolute atomic E-state index is 9.17. The molecule has 0 radical (unpaired) electrons. The summed E-state index contributed by atoms with van der Waals surface area (Å²) in [6.45, 7) is 12.5. The molecule has 1 aromatic rings. The average Bonchev–Trinajstić information content (AvgIpc) is 2.32. The van der Waals surface area contributed by atoms with Crippen molar-refractivity contribution in [3.8, 4) is 6.07 Å². The van der Waals surface area contributed by atoms with Crippen LogP contribution in [0.1, 0.15) is 36.1 Å². The fourth-order valence-electron chi connectivity index (χ4n) is 2.28. The minimum atomic E-state index is 0.108. The highest BCUT2D eigenvalue weighted by atomic mass is 15.1. The van der Waals surface area contributed by atoms with Gasteiger partial charge in [0, 0.05) is 13.1 Å². The van der Waals surface area contributed by atoms with Crippen LogP contribution < -0.4 is 0 Å². The molecule has 0 bridgehead atoms. The van der Waals surface area contributed by atoms with Crippen LogP contribution in [0.25, 0.3) is 0 Å². The van der Waals surface area contributed by atoms with Gasteiger partial charge >= 0.3 is 0 Å². The van der Waals surface area contributed by atoms with E-state index in [0.29, 0.717) is 5.92 Å². The molecule has 1 atom stereocenters. The summed E-state index contributed by atoms with van der Waals surface area (Å²) in [5.74, 6) is 0.519. The van der Waals surface area contributed by atoms with E-state index in [9.17, 15) is 0 Å². The number of nitriles is 1. The zero-order valence-corrected chi connectivity index (χ0v) is 13.1. The van der Waals surface area contributed by atoms with Crippen molar-refractivity contribution in [3.63, 3.8) is 0 Å². The first kappa shape index (κ1) is 15.7. The van der Waals surface area contributed by atoms with Crippen molar-refractivity contribution >= 4 is 0 Å². The Kier molecular flexibility index (Phi) is 5.57. The molecule has 0 amide bonds. The van der Waals surface area contributed by atoms with Gasteiger partial charge in [-0.15, -0.1) is 0 Å². The van der Waals surface area contributed by atoms with Gasteiger partial charge in [0.05, 0.1) is 12.0 Å². The van der Waals surface area contributed by atoms with Gasteiger partial charge in [0.1, 0.15) is 0 Å². The fourth-order valence-corrected chi connectivity index (χ4v) is 2.28. The monoisotopic (exact) mass is 258 g/mol. The second kappa shape index (κ2) is 6.73. The van der Waals surface area contributed by atoms with Crippen LogP contribution in [0.5, 0.6) is 0 Å². The van der Waals surface area contributed by atoms with Crippen LogP contribution in [-0.2, 0) is 6.54 Å². The number of aryl methyl sites for hydroxylation is 3. The third-order valence-corrected chi connectivity index (χ3v) is 3.87. The van der Waals surface area contributed by atoms with Crippen LogP contribution in [0, 0.1) is 43.9 Å². The zero-order valence-electron chi connectivity index (χ0n) is 13.1. The molecule has 0 aliphatic carbocycles. The quantitative estimate of drug-likeness (QED) is 0.802. The van der Waals surface area contributed by atoms with Gasteiger partial charge in [-0.25, -0.2) is 0 Å². The van der Waals surface area contributed by atoms with Crippen LogP contribution in [0.15, 0.2) is 12.1 Å². The van der Waals surface area contributed by atoms with E-state index in [-0.39, 0.29) is 5.92 Å². The van der Waals surface area contributed by atoms with E-state index in [1.165, 1.54) is 22.3 Å². The SMILES string of the molecule is Cc1cc(C)c(CN(C)CC(C#N)C(C)C)cc1C. The van der Waals surface area contributed by atoms with Crippen molar-refractivity contribution in [2.24, 2.45) is 11.8 Å². The van der Waals surface area contributed by atoms with Crippen LogP contribution in [0.3, 0.4) is 0 Å². The number of nitrogens with zero attached hydrogens (tertiary/aromatic N) is 2. The Morgan fingerprint density at radius 2 is 1.68 bits per heavy atom. The third-order valence-electron chi connectivity index (χ3n) is 3.87. The Balaban J connectivity index is 2.75. The van der Waals surface area contributed by atoms with E-state index in [1.807, 2.05) is 0 Å². The lowest BCUT2D eigenvalue weighted by molar-refractivity contribution is 0.265. The third kappa shape index (κ3) is 4.36. The Bertz CT molecular complexity index is 469. The predicted molar refractivity (Wildman–Crippen MR) is 80.9 cm³/mol. The van der Waals surface area contributed by atoms with Crippen molar-refractivity contribution in [2.45, 2.75) is 41.2 Å². The molecule has 0 aliphatic rings. The van der Waals surface area contributed by atoms with Gasteiger partial charge in [-0.05, 0) is 56.0 Å². The van der Waals surface area contributed by atoms with Crippen molar-refractivity contribution in [3.05, 3.63) is 34.4 Å². The lowest BCUT2D eigenvalue weighted by Gasteiger charge is -2.23. The summed E-state index contributed by atoms with van der Waals surface area (Å²) < 4.78 is 0. The first-order valence-corrected chi connectivity index (χ1v) is 7.00. The molecule has 0 saturated carbocycles. The highest BCUT2D eigenvalue weighted by Crippen LogP contribution is 2.18. The summed E-state index contributed by atoms with van der Waals surface area (Å²) in [6.07, 6.45) is 0. The predicted octanol–water partition coefficient (Wildman–Crippen LogP) is 3.84. The molecule has 0 N–H and O–H groups in total. The lowest BCUT2D eigenvalue weighted by Crippen LogP contribution is -2.27. The number of hydrogen-bond donors (Lipinski definition) is 0. The second-order valence-electron chi connectivity index (χ2n) is 6.04. The molecule has 0 fully saturated rings. The molecular formula is C17H26N2. The van der Waals surface area contributed by atoms with Gasteiger partial charge in [0.15, 0.2) is 0 Å². The van der Waals surface area contributed by atoms with Crippen LogP contribution in [0.2, 0.25) is 0 Å². The molecule has 19 heavy (non-hydrogen) atoms.